The monoisotopic (exact) mass is 277 g/mol. The largest absolute Gasteiger partial charge is 0.461 e. The van der Waals surface area contributed by atoms with Crippen molar-refractivity contribution in [1.82, 2.24) is 0 Å². The second-order valence-corrected chi connectivity index (χ2v) is 3.69. The Balaban J connectivity index is 2.75. The third kappa shape index (κ3) is 3.40. The minimum Gasteiger partial charge on any atom is -0.461 e. The van der Waals surface area contributed by atoms with Crippen LogP contribution >= 0.6 is 11.6 Å². The number of carbonyl (C=O) groups is 2. The van der Waals surface area contributed by atoms with Gasteiger partial charge in [-0.25, -0.2) is 4.79 Å². The first-order chi connectivity index (χ1) is 8.37. The molecule has 1 N–H and O–H groups in total. The summed E-state index contributed by atoms with van der Waals surface area (Å²) in [5.41, 5.74) is 0.105. The van der Waals surface area contributed by atoms with Crippen molar-refractivity contribution in [2.75, 3.05) is 11.9 Å². The van der Waals surface area contributed by atoms with Crippen molar-refractivity contribution in [1.29, 1.82) is 0 Å². The van der Waals surface area contributed by atoms with Crippen LogP contribution in [0, 0.1) is 0 Å². The van der Waals surface area contributed by atoms with E-state index in [4.69, 9.17) is 11.6 Å². The van der Waals surface area contributed by atoms with Crippen molar-refractivity contribution in [3.63, 3.8) is 0 Å². The van der Waals surface area contributed by atoms with Crippen LogP contribution in [-0.2, 0) is 14.3 Å². The van der Waals surface area contributed by atoms with Gasteiger partial charge in [-0.15, -0.1) is 0 Å². The van der Waals surface area contributed by atoms with Gasteiger partial charge in [0.05, 0.1) is 6.61 Å². The standard InChI is InChI=1S/C11H10ClF2NO3/c1-2-18-10(17)11(13,14)9(16)15-8-5-3-7(12)4-6-8/h3-6H,2H2,1H3,(H,15,16). The number of nitrogens with one attached hydrogen (secondary N) is 1. The lowest BCUT2D eigenvalue weighted by atomic mass is 10.2. The Hall–Kier alpha value is -1.69. The Morgan fingerprint density at radius 1 is 1.33 bits per heavy atom. The molecule has 0 saturated heterocycles. The Bertz CT molecular complexity index is 448. The van der Waals surface area contributed by atoms with E-state index in [1.807, 2.05) is 5.32 Å². The normalized spacial score (nSPS) is 10.9. The van der Waals surface area contributed by atoms with Crippen LogP contribution in [0.5, 0.6) is 0 Å². The quantitative estimate of drug-likeness (QED) is 0.679. The molecule has 0 saturated carbocycles. The first-order valence-electron chi connectivity index (χ1n) is 5.00. The van der Waals surface area contributed by atoms with E-state index in [1.54, 1.807) is 0 Å². The molecule has 0 aliphatic heterocycles. The highest BCUT2D eigenvalue weighted by Gasteiger charge is 2.49. The molecule has 7 heteroatoms. The number of benzene rings is 1. The number of amides is 1. The number of hydrogen-bond acceptors (Lipinski definition) is 3. The predicted molar refractivity (Wildman–Crippen MR) is 61.7 cm³/mol. The summed E-state index contributed by atoms with van der Waals surface area (Å²) in [5.74, 6) is -7.85. The second kappa shape index (κ2) is 5.77. The van der Waals surface area contributed by atoms with Gasteiger partial charge in [0.25, 0.3) is 0 Å². The summed E-state index contributed by atoms with van der Waals surface area (Å²) in [5, 5.41) is 2.29. The summed E-state index contributed by atoms with van der Waals surface area (Å²) in [4.78, 5) is 22.1. The molecule has 0 bridgehead atoms. The second-order valence-electron chi connectivity index (χ2n) is 3.26. The Morgan fingerprint density at radius 3 is 2.39 bits per heavy atom. The number of hydrogen-bond donors (Lipinski definition) is 1. The molecular formula is C11H10ClF2NO3. The summed E-state index contributed by atoms with van der Waals surface area (Å²) >= 11 is 5.59. The maximum absolute atomic E-state index is 13.3. The average molecular weight is 278 g/mol. The van der Waals surface area contributed by atoms with E-state index in [2.05, 4.69) is 4.74 Å². The molecule has 18 heavy (non-hydrogen) atoms. The van der Waals surface area contributed by atoms with Crippen LogP contribution in [0.25, 0.3) is 0 Å². The van der Waals surface area contributed by atoms with Gasteiger partial charge < -0.3 is 10.1 Å². The highest BCUT2D eigenvalue weighted by molar-refractivity contribution is 6.30. The van der Waals surface area contributed by atoms with Crippen molar-refractivity contribution in [2.24, 2.45) is 0 Å². The minimum absolute atomic E-state index is 0.105. The summed E-state index contributed by atoms with van der Waals surface area (Å²) < 4.78 is 30.6. The van der Waals surface area contributed by atoms with Crippen molar-refractivity contribution < 1.29 is 23.1 Å². The number of esters is 1. The molecule has 0 spiro atoms. The van der Waals surface area contributed by atoms with Crippen LogP contribution in [0.1, 0.15) is 6.92 Å². The third-order valence-electron chi connectivity index (χ3n) is 1.92. The molecule has 0 heterocycles. The van der Waals surface area contributed by atoms with Gasteiger partial charge in [-0.05, 0) is 31.2 Å². The topological polar surface area (TPSA) is 55.4 Å². The third-order valence-corrected chi connectivity index (χ3v) is 2.17. The van der Waals surface area contributed by atoms with Crippen molar-refractivity contribution >= 4 is 29.2 Å². The Labute approximate surface area is 107 Å². The Morgan fingerprint density at radius 2 is 1.89 bits per heavy atom. The van der Waals surface area contributed by atoms with E-state index in [-0.39, 0.29) is 12.3 Å². The van der Waals surface area contributed by atoms with Gasteiger partial charge in [0, 0.05) is 10.7 Å². The van der Waals surface area contributed by atoms with Crippen molar-refractivity contribution in [3.05, 3.63) is 29.3 Å². The van der Waals surface area contributed by atoms with Crippen LogP contribution in [0.3, 0.4) is 0 Å². The molecule has 0 aliphatic carbocycles. The minimum atomic E-state index is -4.23. The fourth-order valence-corrected chi connectivity index (χ4v) is 1.18. The zero-order chi connectivity index (χ0) is 13.8. The number of rotatable bonds is 4. The van der Waals surface area contributed by atoms with Gasteiger partial charge in [0.1, 0.15) is 0 Å². The zero-order valence-electron chi connectivity index (χ0n) is 9.38. The van der Waals surface area contributed by atoms with Crippen LogP contribution in [-0.4, -0.2) is 24.4 Å². The summed E-state index contributed by atoms with van der Waals surface area (Å²) in [6.07, 6.45) is 0. The SMILES string of the molecule is CCOC(=O)C(F)(F)C(=O)Nc1ccc(Cl)cc1. The molecule has 4 nitrogen and oxygen atoms in total. The molecule has 1 amide bonds. The number of alkyl halides is 2. The maximum atomic E-state index is 13.3. The summed E-state index contributed by atoms with van der Waals surface area (Å²) in [7, 11) is 0. The molecule has 0 aliphatic rings. The van der Waals surface area contributed by atoms with Gasteiger partial charge in [0.2, 0.25) is 0 Å². The molecule has 0 atom stereocenters. The lowest BCUT2D eigenvalue weighted by Gasteiger charge is -2.14. The first-order valence-corrected chi connectivity index (χ1v) is 5.37. The first kappa shape index (κ1) is 14.4. The molecule has 0 fully saturated rings. The smallest absolute Gasteiger partial charge is 0.419 e. The van der Waals surface area contributed by atoms with Crippen LogP contribution in [0.4, 0.5) is 14.5 Å². The highest BCUT2D eigenvalue weighted by Crippen LogP contribution is 2.20. The van der Waals surface area contributed by atoms with Gasteiger partial charge in [-0.3, -0.25) is 4.79 Å². The van der Waals surface area contributed by atoms with Crippen molar-refractivity contribution in [2.45, 2.75) is 12.8 Å². The van der Waals surface area contributed by atoms with E-state index in [0.717, 1.165) is 0 Å². The molecule has 1 rings (SSSR count). The molecule has 98 valence electrons. The van der Waals surface area contributed by atoms with Gasteiger partial charge >= 0.3 is 17.8 Å². The van der Waals surface area contributed by atoms with Crippen molar-refractivity contribution in [3.8, 4) is 0 Å². The van der Waals surface area contributed by atoms with Gasteiger partial charge in [0.15, 0.2) is 0 Å². The van der Waals surface area contributed by atoms with Crippen LogP contribution in [0.2, 0.25) is 5.02 Å². The van der Waals surface area contributed by atoms with E-state index in [0.29, 0.717) is 5.02 Å². The number of carbonyl (C=O) groups excluding carboxylic acids is 2. The van der Waals surface area contributed by atoms with E-state index >= 15 is 0 Å². The fraction of sp³-hybridized carbons (Fsp3) is 0.273. The number of anilines is 1. The molecule has 0 radical (unpaired) electrons. The molecule has 0 unspecified atom stereocenters. The fourth-order valence-electron chi connectivity index (χ4n) is 1.06. The average Bonchev–Trinajstić information content (AvgIpc) is 2.32. The number of ether oxygens (including phenoxy) is 1. The lowest BCUT2D eigenvalue weighted by Crippen LogP contribution is -2.43. The summed E-state index contributed by atoms with van der Waals surface area (Å²) in [6.45, 7) is 1.13. The molecule has 1 aromatic rings. The molecule has 1 aromatic carbocycles. The van der Waals surface area contributed by atoms with Gasteiger partial charge in [-0.1, -0.05) is 11.6 Å². The molecule has 0 aromatic heterocycles. The van der Waals surface area contributed by atoms with E-state index in [1.165, 1.54) is 31.2 Å². The lowest BCUT2D eigenvalue weighted by molar-refractivity contribution is -0.175. The van der Waals surface area contributed by atoms with E-state index < -0.39 is 17.8 Å². The predicted octanol–water partition coefficient (Wildman–Crippen LogP) is 2.48. The van der Waals surface area contributed by atoms with Crippen LogP contribution in [0.15, 0.2) is 24.3 Å². The maximum Gasteiger partial charge on any atom is 0.419 e. The van der Waals surface area contributed by atoms with E-state index in [9.17, 15) is 18.4 Å². The Kier molecular flexibility index (Phi) is 4.61. The number of halogens is 3. The van der Waals surface area contributed by atoms with Crippen LogP contribution < -0.4 is 5.32 Å². The molecular weight excluding hydrogens is 268 g/mol. The van der Waals surface area contributed by atoms with Gasteiger partial charge in [-0.2, -0.15) is 8.78 Å². The summed E-state index contributed by atoms with van der Waals surface area (Å²) in [6, 6.07) is 5.50. The zero-order valence-corrected chi connectivity index (χ0v) is 10.1. The highest BCUT2D eigenvalue weighted by atomic mass is 35.5.